The third-order valence-electron chi connectivity index (χ3n) is 9.38. The molecular weight excluding hydrogens is 641 g/mol. The molecule has 5 aromatic rings. The number of thiophene rings is 5. The Labute approximate surface area is 294 Å². The van der Waals surface area contributed by atoms with Crippen LogP contribution in [-0.4, -0.2) is 0 Å². The van der Waals surface area contributed by atoms with Gasteiger partial charge in [-0.2, -0.15) is 0 Å². The first-order valence-electron chi connectivity index (χ1n) is 18.4. The molecule has 0 amide bonds. The summed E-state index contributed by atoms with van der Waals surface area (Å²) >= 11 is 10.2. The highest BCUT2D eigenvalue weighted by atomic mass is 32.1. The summed E-state index contributed by atoms with van der Waals surface area (Å²) < 4.78 is 6.39. The fourth-order valence-corrected chi connectivity index (χ4v) is 13.2. The fourth-order valence-electron chi connectivity index (χ4n) is 6.76. The van der Waals surface area contributed by atoms with E-state index in [2.05, 4.69) is 82.9 Å². The molecule has 0 spiro atoms. The molecule has 0 unspecified atom stereocenters. The van der Waals surface area contributed by atoms with Gasteiger partial charge in [0, 0.05) is 19.5 Å². The van der Waals surface area contributed by atoms with Gasteiger partial charge in [0.05, 0.1) is 18.8 Å². The summed E-state index contributed by atoms with van der Waals surface area (Å²) in [5.41, 5.74) is 3.32. The van der Waals surface area contributed by atoms with E-state index in [-0.39, 0.29) is 0 Å². The van der Waals surface area contributed by atoms with Crippen molar-refractivity contribution in [1.29, 1.82) is 0 Å². The Balaban J connectivity index is 1.25. The molecule has 5 heteroatoms. The molecule has 0 nitrogen and oxygen atoms in total. The lowest BCUT2D eigenvalue weighted by Crippen LogP contribution is -1.88. The largest absolute Gasteiger partial charge is 0.143 e. The minimum atomic E-state index is 1.24. The zero-order valence-electron chi connectivity index (χ0n) is 28.1. The van der Waals surface area contributed by atoms with Gasteiger partial charge in [0.2, 0.25) is 0 Å². The van der Waals surface area contributed by atoms with Crippen molar-refractivity contribution in [3.63, 3.8) is 0 Å². The standard InChI is InChI=1S/C40H56S5/c1-3-5-7-9-11-13-15-17-19-21-25-31-35(33-27-23-29-41-33)43-39-37(31)45-38-32(36(44-40(38)39)34-28-24-30-42-34)26-22-20-18-16-14-12-10-8-6-4-2/h23-24,27-30H,3-22,25-26H2,1-2H3. The predicted molar refractivity (Wildman–Crippen MR) is 213 cm³/mol. The van der Waals surface area contributed by atoms with Crippen LogP contribution >= 0.6 is 56.7 Å². The molecule has 0 atom stereocenters. The monoisotopic (exact) mass is 696 g/mol. The summed E-state index contributed by atoms with van der Waals surface area (Å²) in [7, 11) is 0. The van der Waals surface area contributed by atoms with Crippen molar-refractivity contribution >= 4 is 75.5 Å². The van der Waals surface area contributed by atoms with Gasteiger partial charge in [0.15, 0.2) is 0 Å². The zero-order chi connectivity index (χ0) is 31.1. The molecule has 45 heavy (non-hydrogen) atoms. The lowest BCUT2D eigenvalue weighted by Gasteiger charge is -2.05. The van der Waals surface area contributed by atoms with Crippen molar-refractivity contribution < 1.29 is 0 Å². The van der Waals surface area contributed by atoms with E-state index in [1.54, 1.807) is 39.7 Å². The van der Waals surface area contributed by atoms with E-state index in [1.807, 2.05) is 22.7 Å². The maximum atomic E-state index is 2.35. The van der Waals surface area contributed by atoms with Gasteiger partial charge in [-0.25, -0.2) is 0 Å². The van der Waals surface area contributed by atoms with Gasteiger partial charge in [-0.05, 0) is 59.7 Å². The molecule has 0 aliphatic rings. The van der Waals surface area contributed by atoms with Gasteiger partial charge >= 0.3 is 0 Å². The number of aryl methyl sites for hydroxylation is 2. The third-order valence-corrected chi connectivity index (χ3v) is 15.7. The van der Waals surface area contributed by atoms with Crippen LogP contribution in [0.15, 0.2) is 35.0 Å². The molecule has 0 N–H and O–H groups in total. The van der Waals surface area contributed by atoms with E-state index < -0.39 is 0 Å². The number of rotatable bonds is 24. The van der Waals surface area contributed by atoms with Crippen LogP contribution in [0.2, 0.25) is 0 Å². The van der Waals surface area contributed by atoms with Gasteiger partial charge in [0.1, 0.15) is 0 Å². The normalized spacial score (nSPS) is 12.0. The number of unbranched alkanes of at least 4 members (excludes halogenated alkanes) is 18. The van der Waals surface area contributed by atoms with Crippen LogP contribution in [0.1, 0.15) is 153 Å². The fraction of sp³-hybridized carbons (Fsp3) is 0.600. The van der Waals surface area contributed by atoms with Crippen LogP contribution in [0, 0.1) is 0 Å². The molecule has 0 bridgehead atoms. The lowest BCUT2D eigenvalue weighted by molar-refractivity contribution is 0.557. The second kappa shape index (κ2) is 19.7. The molecule has 5 heterocycles. The second-order valence-electron chi connectivity index (χ2n) is 13.1. The van der Waals surface area contributed by atoms with Gasteiger partial charge in [-0.15, -0.1) is 56.7 Å². The first-order chi connectivity index (χ1) is 22.3. The van der Waals surface area contributed by atoms with Crippen LogP contribution in [0.4, 0.5) is 0 Å². The summed E-state index contributed by atoms with van der Waals surface area (Å²) in [5.74, 6) is 0. The van der Waals surface area contributed by atoms with E-state index in [0.717, 1.165) is 0 Å². The van der Waals surface area contributed by atoms with Gasteiger partial charge in [-0.1, -0.05) is 142 Å². The second-order valence-corrected chi connectivity index (χ2v) is 18.0. The van der Waals surface area contributed by atoms with Crippen molar-refractivity contribution in [2.45, 2.75) is 155 Å². The van der Waals surface area contributed by atoms with Gasteiger partial charge in [-0.3, -0.25) is 0 Å². The molecule has 246 valence electrons. The van der Waals surface area contributed by atoms with Crippen LogP contribution < -0.4 is 0 Å². The van der Waals surface area contributed by atoms with Crippen molar-refractivity contribution in [3.05, 3.63) is 46.2 Å². The summed E-state index contributed by atoms with van der Waals surface area (Å²) in [6, 6.07) is 9.17. The maximum absolute atomic E-state index is 2.35. The van der Waals surface area contributed by atoms with Crippen molar-refractivity contribution in [1.82, 2.24) is 0 Å². The van der Waals surface area contributed by atoms with E-state index in [9.17, 15) is 0 Å². The first-order valence-corrected chi connectivity index (χ1v) is 22.6. The average Bonchev–Trinajstić information content (AvgIpc) is 3.88. The third kappa shape index (κ3) is 10.0. The minimum Gasteiger partial charge on any atom is -0.143 e. The number of hydrogen-bond donors (Lipinski definition) is 0. The Bertz CT molecular complexity index is 1370. The summed E-state index contributed by atoms with van der Waals surface area (Å²) in [4.78, 5) is 6.07. The van der Waals surface area contributed by atoms with Crippen LogP contribution in [-0.2, 0) is 12.8 Å². The van der Waals surface area contributed by atoms with Gasteiger partial charge in [0.25, 0.3) is 0 Å². The molecule has 5 aromatic heterocycles. The highest BCUT2D eigenvalue weighted by molar-refractivity contribution is 7.41. The minimum absolute atomic E-state index is 1.24. The molecule has 0 fully saturated rings. The topological polar surface area (TPSA) is 0 Å². The van der Waals surface area contributed by atoms with Crippen LogP contribution in [0.5, 0.6) is 0 Å². The molecular formula is C40H56S5. The average molecular weight is 697 g/mol. The Morgan fingerprint density at radius 3 is 1.09 bits per heavy atom. The Hall–Kier alpha value is -0.980. The molecule has 0 radical (unpaired) electrons. The SMILES string of the molecule is CCCCCCCCCCCCc1c(-c2cccs2)sc2c1sc1c(CCCCCCCCCCCC)c(-c3cccs3)sc12. The van der Waals surface area contributed by atoms with Crippen LogP contribution in [0.3, 0.4) is 0 Å². The lowest BCUT2D eigenvalue weighted by atomic mass is 10.0. The van der Waals surface area contributed by atoms with Crippen LogP contribution in [0.25, 0.3) is 38.3 Å². The Morgan fingerprint density at radius 1 is 0.400 bits per heavy atom. The smallest absolute Gasteiger partial charge is 0.0639 e. The highest BCUT2D eigenvalue weighted by Crippen LogP contribution is 2.54. The summed E-state index contributed by atoms with van der Waals surface area (Å²) in [6.07, 6.45) is 30.6. The zero-order valence-corrected chi connectivity index (χ0v) is 32.1. The van der Waals surface area contributed by atoms with Crippen molar-refractivity contribution in [2.24, 2.45) is 0 Å². The van der Waals surface area contributed by atoms with E-state index in [0.29, 0.717) is 0 Å². The molecule has 0 aliphatic heterocycles. The molecule has 0 saturated carbocycles. The Morgan fingerprint density at radius 2 is 0.756 bits per heavy atom. The summed E-state index contributed by atoms with van der Waals surface area (Å²) in [5, 5.41) is 4.52. The van der Waals surface area contributed by atoms with E-state index in [1.165, 1.54) is 151 Å². The quantitative estimate of drug-likeness (QED) is 0.0563. The molecule has 0 aliphatic carbocycles. The maximum Gasteiger partial charge on any atom is 0.0639 e. The Kier molecular flexibility index (Phi) is 15.5. The highest BCUT2D eigenvalue weighted by Gasteiger charge is 2.24. The van der Waals surface area contributed by atoms with E-state index >= 15 is 0 Å². The molecule has 0 aromatic carbocycles. The molecule has 5 rings (SSSR count). The van der Waals surface area contributed by atoms with Gasteiger partial charge < -0.3 is 0 Å². The van der Waals surface area contributed by atoms with Crippen molar-refractivity contribution in [2.75, 3.05) is 0 Å². The summed E-state index contributed by atoms with van der Waals surface area (Å²) in [6.45, 7) is 4.62. The van der Waals surface area contributed by atoms with Crippen molar-refractivity contribution in [3.8, 4) is 19.5 Å². The molecule has 0 saturated heterocycles. The van der Waals surface area contributed by atoms with E-state index in [4.69, 9.17) is 0 Å². The number of fused-ring (bicyclic) bond motifs is 3. The number of hydrogen-bond acceptors (Lipinski definition) is 5. The first kappa shape index (κ1) is 35.3. The predicted octanol–water partition coefficient (Wildman–Crippen LogP) is 16.6.